The highest BCUT2D eigenvalue weighted by molar-refractivity contribution is 5.89. The number of carboxylic acids is 1. The molecule has 1 fully saturated rings. The molecule has 1 aliphatic rings. The van der Waals surface area contributed by atoms with Crippen LogP contribution in [0.1, 0.15) is 48.5 Å². The van der Waals surface area contributed by atoms with Gasteiger partial charge in [0.1, 0.15) is 0 Å². The maximum atomic E-state index is 11.0. The molecule has 18 heavy (non-hydrogen) atoms. The Morgan fingerprint density at radius 3 is 2.72 bits per heavy atom. The van der Waals surface area contributed by atoms with E-state index in [1.54, 1.807) is 12.1 Å². The largest absolute Gasteiger partial charge is 0.478 e. The van der Waals surface area contributed by atoms with Crippen molar-refractivity contribution in [3.63, 3.8) is 0 Å². The molecule has 3 nitrogen and oxygen atoms in total. The minimum Gasteiger partial charge on any atom is -0.478 e. The van der Waals surface area contributed by atoms with Gasteiger partial charge in [0.2, 0.25) is 0 Å². The van der Waals surface area contributed by atoms with E-state index < -0.39 is 5.97 Å². The Hall–Kier alpha value is -1.51. The quantitative estimate of drug-likeness (QED) is 0.856. The summed E-state index contributed by atoms with van der Waals surface area (Å²) in [6, 6.07) is 5.76. The van der Waals surface area contributed by atoms with Crippen molar-refractivity contribution in [2.45, 2.75) is 45.6 Å². The molecule has 1 aliphatic carbocycles. The van der Waals surface area contributed by atoms with Crippen LogP contribution in [0.4, 0.5) is 5.69 Å². The van der Waals surface area contributed by atoms with Crippen molar-refractivity contribution in [1.82, 2.24) is 0 Å². The molecule has 2 unspecified atom stereocenters. The summed E-state index contributed by atoms with van der Waals surface area (Å²) in [6.45, 7) is 4.29. The van der Waals surface area contributed by atoms with Gasteiger partial charge in [0, 0.05) is 11.7 Å². The summed E-state index contributed by atoms with van der Waals surface area (Å²) in [7, 11) is 0. The summed E-state index contributed by atoms with van der Waals surface area (Å²) in [5.74, 6) is -0.207. The number of rotatable bonds is 3. The molecule has 1 aromatic carbocycles. The second-order valence-corrected chi connectivity index (χ2v) is 5.35. The first-order chi connectivity index (χ1) is 8.58. The number of nitrogens with one attached hydrogen (secondary N) is 1. The van der Waals surface area contributed by atoms with Gasteiger partial charge in [-0.3, -0.25) is 0 Å². The number of carbonyl (C=O) groups is 1. The molecule has 0 spiro atoms. The zero-order valence-electron chi connectivity index (χ0n) is 11.1. The number of anilines is 1. The summed E-state index contributed by atoms with van der Waals surface area (Å²) >= 11 is 0. The third kappa shape index (κ3) is 2.84. The van der Waals surface area contributed by atoms with Gasteiger partial charge < -0.3 is 10.4 Å². The minimum absolute atomic E-state index is 0.353. The molecule has 3 heteroatoms. The highest BCUT2D eigenvalue weighted by Crippen LogP contribution is 2.28. The molecule has 0 amide bonds. The van der Waals surface area contributed by atoms with Gasteiger partial charge in [0.05, 0.1) is 5.56 Å². The van der Waals surface area contributed by atoms with E-state index in [4.69, 9.17) is 5.11 Å². The minimum atomic E-state index is -0.866. The summed E-state index contributed by atoms with van der Waals surface area (Å²) in [5, 5.41) is 12.6. The van der Waals surface area contributed by atoms with E-state index in [0.29, 0.717) is 17.5 Å². The molecule has 2 atom stereocenters. The summed E-state index contributed by atoms with van der Waals surface area (Å²) in [6.07, 6.45) is 5.01. The third-order valence-corrected chi connectivity index (χ3v) is 3.94. The zero-order chi connectivity index (χ0) is 13.1. The molecule has 0 heterocycles. The van der Waals surface area contributed by atoms with Gasteiger partial charge in [-0.2, -0.15) is 0 Å². The number of hydrogen-bond acceptors (Lipinski definition) is 2. The zero-order valence-corrected chi connectivity index (χ0v) is 11.1. The molecule has 1 aromatic rings. The SMILES string of the molecule is Cc1ccc(C(=O)O)cc1NC1CCCCC1C. The molecule has 98 valence electrons. The first-order valence-corrected chi connectivity index (χ1v) is 6.68. The predicted molar refractivity (Wildman–Crippen MR) is 73.2 cm³/mol. The highest BCUT2D eigenvalue weighted by atomic mass is 16.4. The summed E-state index contributed by atoms with van der Waals surface area (Å²) in [4.78, 5) is 11.0. The van der Waals surface area contributed by atoms with Crippen molar-refractivity contribution < 1.29 is 9.90 Å². The predicted octanol–water partition coefficient (Wildman–Crippen LogP) is 3.68. The lowest BCUT2D eigenvalue weighted by molar-refractivity contribution is 0.0697. The third-order valence-electron chi connectivity index (χ3n) is 3.94. The van der Waals surface area contributed by atoms with Crippen LogP contribution in [0.15, 0.2) is 18.2 Å². The number of benzene rings is 1. The lowest BCUT2D eigenvalue weighted by Crippen LogP contribution is -2.30. The molecular formula is C15H21NO2. The standard InChI is InChI=1S/C15H21NO2/c1-10-5-3-4-6-13(10)16-14-9-12(15(17)18)8-7-11(14)2/h7-10,13,16H,3-6H2,1-2H3,(H,17,18). The Labute approximate surface area is 108 Å². The van der Waals surface area contributed by atoms with Gasteiger partial charge in [-0.15, -0.1) is 0 Å². The number of aryl methyl sites for hydroxylation is 1. The van der Waals surface area contributed by atoms with Crippen LogP contribution in [0.2, 0.25) is 0 Å². The van der Waals surface area contributed by atoms with E-state index >= 15 is 0 Å². The number of carboxylic acid groups (broad SMARTS) is 1. The van der Waals surface area contributed by atoms with E-state index in [0.717, 1.165) is 11.3 Å². The lowest BCUT2D eigenvalue weighted by atomic mass is 9.85. The van der Waals surface area contributed by atoms with Crippen molar-refractivity contribution in [3.05, 3.63) is 29.3 Å². The highest BCUT2D eigenvalue weighted by Gasteiger charge is 2.21. The van der Waals surface area contributed by atoms with Gasteiger partial charge in [-0.1, -0.05) is 25.8 Å². The normalized spacial score (nSPS) is 23.7. The van der Waals surface area contributed by atoms with E-state index in [9.17, 15) is 4.79 Å². The fraction of sp³-hybridized carbons (Fsp3) is 0.533. The molecule has 2 N–H and O–H groups in total. The van der Waals surface area contributed by atoms with Crippen molar-refractivity contribution in [2.24, 2.45) is 5.92 Å². The Morgan fingerprint density at radius 1 is 1.33 bits per heavy atom. The van der Waals surface area contributed by atoms with Crippen LogP contribution in [-0.4, -0.2) is 17.1 Å². The molecule has 0 radical (unpaired) electrons. The second kappa shape index (κ2) is 5.42. The van der Waals surface area contributed by atoms with Crippen LogP contribution in [-0.2, 0) is 0 Å². The molecule has 1 saturated carbocycles. The fourth-order valence-corrected chi connectivity index (χ4v) is 2.64. The summed E-state index contributed by atoms with van der Waals surface area (Å²) in [5.41, 5.74) is 2.43. The molecule has 0 bridgehead atoms. The average Bonchev–Trinajstić information content (AvgIpc) is 2.34. The fourth-order valence-electron chi connectivity index (χ4n) is 2.64. The van der Waals surface area contributed by atoms with Crippen molar-refractivity contribution in [2.75, 3.05) is 5.32 Å². The molecule has 0 aliphatic heterocycles. The van der Waals surface area contributed by atoms with E-state index in [1.165, 1.54) is 25.7 Å². The molecule has 0 aromatic heterocycles. The van der Waals surface area contributed by atoms with Crippen LogP contribution in [0.25, 0.3) is 0 Å². The van der Waals surface area contributed by atoms with Crippen molar-refractivity contribution in [1.29, 1.82) is 0 Å². The van der Waals surface area contributed by atoms with E-state index in [1.807, 2.05) is 13.0 Å². The van der Waals surface area contributed by atoms with Crippen molar-refractivity contribution in [3.8, 4) is 0 Å². The Bertz CT molecular complexity index is 442. The van der Waals surface area contributed by atoms with Gasteiger partial charge in [-0.25, -0.2) is 4.79 Å². The average molecular weight is 247 g/mol. The maximum Gasteiger partial charge on any atom is 0.335 e. The lowest BCUT2D eigenvalue weighted by Gasteiger charge is -2.31. The monoisotopic (exact) mass is 247 g/mol. The first kappa shape index (κ1) is 12.9. The summed E-state index contributed by atoms with van der Waals surface area (Å²) < 4.78 is 0. The number of aromatic carboxylic acids is 1. The van der Waals surface area contributed by atoms with Crippen LogP contribution < -0.4 is 5.32 Å². The Balaban J connectivity index is 2.17. The van der Waals surface area contributed by atoms with Crippen LogP contribution >= 0.6 is 0 Å². The smallest absolute Gasteiger partial charge is 0.335 e. The Kier molecular flexibility index (Phi) is 3.90. The molecule has 0 saturated heterocycles. The second-order valence-electron chi connectivity index (χ2n) is 5.35. The van der Waals surface area contributed by atoms with E-state index in [2.05, 4.69) is 12.2 Å². The van der Waals surface area contributed by atoms with Gasteiger partial charge in [0.15, 0.2) is 0 Å². The van der Waals surface area contributed by atoms with Gasteiger partial charge >= 0.3 is 5.97 Å². The first-order valence-electron chi connectivity index (χ1n) is 6.68. The molecular weight excluding hydrogens is 226 g/mol. The Morgan fingerprint density at radius 2 is 2.06 bits per heavy atom. The van der Waals surface area contributed by atoms with Crippen LogP contribution in [0.3, 0.4) is 0 Å². The van der Waals surface area contributed by atoms with Crippen LogP contribution in [0, 0.1) is 12.8 Å². The van der Waals surface area contributed by atoms with Gasteiger partial charge in [0.25, 0.3) is 0 Å². The van der Waals surface area contributed by atoms with Crippen molar-refractivity contribution >= 4 is 11.7 Å². The molecule has 2 rings (SSSR count). The van der Waals surface area contributed by atoms with Crippen LogP contribution in [0.5, 0.6) is 0 Å². The topological polar surface area (TPSA) is 49.3 Å². The van der Waals surface area contributed by atoms with E-state index in [-0.39, 0.29) is 0 Å². The van der Waals surface area contributed by atoms with Gasteiger partial charge in [-0.05, 0) is 43.4 Å². The maximum absolute atomic E-state index is 11.0. The number of hydrogen-bond donors (Lipinski definition) is 2.